The molecule has 0 saturated carbocycles. The number of benzene rings is 3. The van der Waals surface area contributed by atoms with Gasteiger partial charge < -0.3 is 14.0 Å². The summed E-state index contributed by atoms with van der Waals surface area (Å²) in [5, 5.41) is 0.0783. The third-order valence-corrected chi connectivity index (χ3v) is 6.21. The number of aryl methyl sites for hydroxylation is 1. The van der Waals surface area contributed by atoms with Crippen molar-refractivity contribution in [3.05, 3.63) is 88.3 Å². The quantitative estimate of drug-likeness (QED) is 0.468. The SMILES string of the molecule is COc1cc2c(cc1OCc1ccccc1)c(=O)on2S(=O)(=O)c1ccc(C)cc1. The van der Waals surface area contributed by atoms with Crippen LogP contribution in [0.1, 0.15) is 11.1 Å². The van der Waals surface area contributed by atoms with Crippen LogP contribution in [-0.2, 0) is 16.6 Å². The van der Waals surface area contributed by atoms with Gasteiger partial charge in [0.15, 0.2) is 11.5 Å². The number of hydrogen-bond donors (Lipinski definition) is 0. The molecule has 1 heterocycles. The van der Waals surface area contributed by atoms with E-state index >= 15 is 0 Å². The van der Waals surface area contributed by atoms with Crippen LogP contribution in [-0.4, -0.2) is 19.7 Å². The van der Waals surface area contributed by atoms with Gasteiger partial charge in [-0.25, -0.2) is 4.79 Å². The highest BCUT2D eigenvalue weighted by Crippen LogP contribution is 2.33. The van der Waals surface area contributed by atoms with Gasteiger partial charge in [-0.3, -0.25) is 0 Å². The van der Waals surface area contributed by atoms with Crippen LogP contribution in [0.25, 0.3) is 10.9 Å². The summed E-state index contributed by atoms with van der Waals surface area (Å²) in [5.74, 6) is 0.596. The third kappa shape index (κ3) is 3.57. The normalized spacial score (nSPS) is 11.5. The monoisotopic (exact) mass is 425 g/mol. The van der Waals surface area contributed by atoms with E-state index in [1.54, 1.807) is 12.1 Å². The van der Waals surface area contributed by atoms with Crippen molar-refractivity contribution in [3.63, 3.8) is 0 Å². The highest BCUT2D eigenvalue weighted by Gasteiger charge is 2.25. The number of nitrogens with zero attached hydrogens (tertiary/aromatic N) is 1. The number of aromatic nitrogens is 1. The molecular weight excluding hydrogens is 406 g/mol. The van der Waals surface area contributed by atoms with Crippen LogP contribution in [0.4, 0.5) is 0 Å². The van der Waals surface area contributed by atoms with Gasteiger partial charge in [-0.2, -0.15) is 8.42 Å². The molecule has 0 saturated heterocycles. The zero-order valence-corrected chi connectivity index (χ0v) is 17.2. The lowest BCUT2D eigenvalue weighted by molar-refractivity contribution is 0.285. The first-order chi connectivity index (χ1) is 14.4. The summed E-state index contributed by atoms with van der Waals surface area (Å²) in [7, 11) is -2.66. The minimum absolute atomic E-state index is 0.0112. The molecule has 30 heavy (non-hydrogen) atoms. The second-order valence-corrected chi connectivity index (χ2v) is 8.47. The fourth-order valence-electron chi connectivity index (χ4n) is 3.03. The lowest BCUT2D eigenvalue weighted by atomic mass is 10.2. The minimum Gasteiger partial charge on any atom is -0.493 e. The maximum absolute atomic E-state index is 13.0. The standard InChI is InChI=1S/C22H19NO6S/c1-15-8-10-17(11-9-15)30(25,26)23-19-13-20(27-2)21(12-18(19)22(24)29-23)28-14-16-6-4-3-5-7-16/h3-13H,14H2,1-2H3. The Hall–Kier alpha value is -3.52. The van der Waals surface area contributed by atoms with Crippen molar-refractivity contribution in [2.75, 3.05) is 7.11 Å². The molecule has 0 aliphatic rings. The van der Waals surface area contributed by atoms with Gasteiger partial charge in [0.25, 0.3) is 10.0 Å². The maximum atomic E-state index is 13.0. The topological polar surface area (TPSA) is 87.7 Å². The summed E-state index contributed by atoms with van der Waals surface area (Å²) in [6.45, 7) is 2.11. The summed E-state index contributed by atoms with van der Waals surface area (Å²) >= 11 is 0. The maximum Gasteiger partial charge on any atom is 0.367 e. The molecule has 7 nitrogen and oxygen atoms in total. The Bertz CT molecular complexity index is 1350. The van der Waals surface area contributed by atoms with Crippen molar-refractivity contribution in [2.24, 2.45) is 0 Å². The van der Waals surface area contributed by atoms with Crippen LogP contribution < -0.4 is 15.1 Å². The molecular formula is C22H19NO6S. The predicted molar refractivity (Wildman–Crippen MR) is 112 cm³/mol. The van der Waals surface area contributed by atoms with Crippen molar-refractivity contribution in [1.29, 1.82) is 0 Å². The molecule has 0 aliphatic heterocycles. The van der Waals surface area contributed by atoms with E-state index in [1.165, 1.54) is 31.4 Å². The number of methoxy groups -OCH3 is 1. The predicted octanol–water partition coefficient (Wildman–Crippen LogP) is 3.73. The number of ether oxygens (including phenoxy) is 2. The molecule has 0 N–H and O–H groups in total. The van der Waals surface area contributed by atoms with E-state index < -0.39 is 15.6 Å². The molecule has 3 aromatic carbocycles. The van der Waals surface area contributed by atoms with Gasteiger partial charge in [0, 0.05) is 12.1 Å². The molecule has 0 bridgehead atoms. The molecule has 0 fully saturated rings. The number of fused-ring (bicyclic) bond motifs is 1. The van der Waals surface area contributed by atoms with Crippen LogP contribution in [0.5, 0.6) is 11.5 Å². The van der Waals surface area contributed by atoms with Gasteiger partial charge in [-0.1, -0.05) is 52.2 Å². The first-order valence-electron chi connectivity index (χ1n) is 9.13. The van der Waals surface area contributed by atoms with E-state index in [1.807, 2.05) is 37.3 Å². The van der Waals surface area contributed by atoms with Gasteiger partial charge in [0.1, 0.15) is 12.1 Å². The summed E-state index contributed by atoms with van der Waals surface area (Å²) in [5.41, 5.74) is 1.14. The smallest absolute Gasteiger partial charge is 0.367 e. The van der Waals surface area contributed by atoms with E-state index in [0.29, 0.717) is 9.89 Å². The summed E-state index contributed by atoms with van der Waals surface area (Å²) in [6.07, 6.45) is 0. The molecule has 0 amide bonds. The van der Waals surface area contributed by atoms with Gasteiger partial charge in [0.2, 0.25) is 0 Å². The molecule has 1 aromatic heterocycles. The van der Waals surface area contributed by atoms with Gasteiger partial charge in [0.05, 0.1) is 17.4 Å². The first kappa shape index (κ1) is 19.8. The first-order valence-corrected chi connectivity index (χ1v) is 10.6. The molecule has 0 aliphatic carbocycles. The second-order valence-electron chi connectivity index (χ2n) is 6.72. The van der Waals surface area contributed by atoms with E-state index in [9.17, 15) is 13.2 Å². The van der Waals surface area contributed by atoms with Gasteiger partial charge >= 0.3 is 5.63 Å². The Labute approximate surface area is 173 Å². The minimum atomic E-state index is -4.10. The van der Waals surface area contributed by atoms with Crippen molar-refractivity contribution in [3.8, 4) is 11.5 Å². The molecule has 4 rings (SSSR count). The molecule has 4 aromatic rings. The Morgan fingerprint density at radius 2 is 1.67 bits per heavy atom. The van der Waals surface area contributed by atoms with Crippen LogP contribution in [0.2, 0.25) is 0 Å². The third-order valence-electron chi connectivity index (χ3n) is 4.64. The molecule has 0 spiro atoms. The van der Waals surface area contributed by atoms with Crippen molar-refractivity contribution < 1.29 is 22.4 Å². The Morgan fingerprint density at radius 1 is 0.967 bits per heavy atom. The molecule has 0 unspecified atom stereocenters. The number of rotatable bonds is 6. The largest absolute Gasteiger partial charge is 0.493 e. The average molecular weight is 425 g/mol. The van der Waals surface area contributed by atoms with Crippen LogP contribution in [0.3, 0.4) is 0 Å². The van der Waals surface area contributed by atoms with E-state index in [4.69, 9.17) is 14.0 Å². The number of hydrogen-bond acceptors (Lipinski definition) is 6. The lowest BCUT2D eigenvalue weighted by Crippen LogP contribution is -2.12. The summed E-state index contributed by atoms with van der Waals surface area (Å²) in [4.78, 5) is 12.4. The average Bonchev–Trinajstić information content (AvgIpc) is 3.09. The van der Waals surface area contributed by atoms with E-state index in [2.05, 4.69) is 0 Å². The molecule has 8 heteroatoms. The highest BCUT2D eigenvalue weighted by molar-refractivity contribution is 7.90. The summed E-state index contributed by atoms with van der Waals surface area (Å²) < 4.78 is 42.9. The molecule has 154 valence electrons. The van der Waals surface area contributed by atoms with Gasteiger partial charge in [-0.05, 0) is 24.6 Å². The van der Waals surface area contributed by atoms with Crippen LogP contribution in [0, 0.1) is 6.92 Å². The second kappa shape index (κ2) is 7.72. The van der Waals surface area contributed by atoms with Crippen LogP contribution >= 0.6 is 0 Å². The Balaban J connectivity index is 1.79. The van der Waals surface area contributed by atoms with Crippen molar-refractivity contribution in [1.82, 2.24) is 4.15 Å². The lowest BCUT2D eigenvalue weighted by Gasteiger charge is -2.11. The highest BCUT2D eigenvalue weighted by atomic mass is 32.2. The van der Waals surface area contributed by atoms with Crippen molar-refractivity contribution >= 4 is 20.9 Å². The zero-order chi connectivity index (χ0) is 21.3. The Morgan fingerprint density at radius 3 is 2.33 bits per heavy atom. The van der Waals surface area contributed by atoms with Gasteiger partial charge in [-0.15, -0.1) is 0 Å². The Kier molecular flexibility index (Phi) is 5.09. The summed E-state index contributed by atoms with van der Waals surface area (Å²) in [6, 6.07) is 18.6. The fourth-order valence-corrected chi connectivity index (χ4v) is 4.28. The van der Waals surface area contributed by atoms with Crippen molar-refractivity contribution in [2.45, 2.75) is 18.4 Å². The molecule has 0 atom stereocenters. The molecule has 0 radical (unpaired) electrons. The van der Waals surface area contributed by atoms with E-state index in [0.717, 1.165) is 11.1 Å². The zero-order valence-electron chi connectivity index (χ0n) is 16.4. The van der Waals surface area contributed by atoms with Crippen LogP contribution in [0.15, 0.2) is 80.9 Å². The van der Waals surface area contributed by atoms with E-state index in [-0.39, 0.29) is 28.2 Å². The fraction of sp³-hybridized carbons (Fsp3) is 0.136.